The highest BCUT2D eigenvalue weighted by Gasteiger charge is 2.10. The van der Waals surface area contributed by atoms with Crippen LogP contribution in [0.5, 0.6) is 0 Å². The van der Waals surface area contributed by atoms with Crippen LogP contribution in [0, 0.1) is 6.92 Å². The molecule has 0 fully saturated rings. The average molecular weight is 506 g/mol. The van der Waals surface area contributed by atoms with Gasteiger partial charge in [-0.25, -0.2) is 0 Å². The van der Waals surface area contributed by atoms with Crippen molar-refractivity contribution in [1.82, 2.24) is 25.3 Å². The maximum Gasteiger partial charge on any atom is 0.276 e. The monoisotopic (exact) mass is 506 g/mol. The second-order valence-corrected chi connectivity index (χ2v) is 6.56. The van der Waals surface area contributed by atoms with Crippen molar-refractivity contribution >= 4 is 29.9 Å². The van der Waals surface area contributed by atoms with Gasteiger partial charge in [0.1, 0.15) is 5.69 Å². The third-order valence-corrected chi connectivity index (χ3v) is 4.19. The second kappa shape index (κ2) is 11.5. The number of pyridine rings is 1. The first-order valence-corrected chi connectivity index (χ1v) is 9.44. The van der Waals surface area contributed by atoms with Gasteiger partial charge in [-0.1, -0.05) is 41.1 Å². The largest absolute Gasteiger partial charge is 0.357 e. The average Bonchev–Trinajstić information content (AvgIpc) is 3.19. The summed E-state index contributed by atoms with van der Waals surface area (Å²) in [6.45, 7) is 6.33. The van der Waals surface area contributed by atoms with Crippen LogP contribution in [-0.4, -0.2) is 46.1 Å². The Kier molecular flexibility index (Phi) is 9.04. The van der Waals surface area contributed by atoms with Crippen LogP contribution in [0.25, 0.3) is 11.6 Å². The van der Waals surface area contributed by atoms with Gasteiger partial charge in [0.05, 0.1) is 0 Å². The lowest BCUT2D eigenvalue weighted by Gasteiger charge is -2.22. The summed E-state index contributed by atoms with van der Waals surface area (Å²) in [6, 6.07) is 14.1. The molecular weight excluding hydrogens is 479 g/mol. The number of aliphatic imine (C=N–C) groups is 1. The number of halogens is 1. The summed E-state index contributed by atoms with van der Waals surface area (Å²) in [5.41, 5.74) is 3.19. The number of aryl methyl sites for hydroxylation is 1. The molecule has 1 aromatic carbocycles. The number of rotatable bonds is 7. The first-order chi connectivity index (χ1) is 13.7. The first-order valence-electron chi connectivity index (χ1n) is 9.44. The van der Waals surface area contributed by atoms with Crippen molar-refractivity contribution in [1.29, 1.82) is 0 Å². The van der Waals surface area contributed by atoms with E-state index < -0.39 is 0 Å². The number of guanidine groups is 1. The summed E-state index contributed by atoms with van der Waals surface area (Å²) < 4.78 is 5.29. The van der Waals surface area contributed by atoms with Gasteiger partial charge in [0.15, 0.2) is 11.8 Å². The normalized spacial score (nSPS) is 11.1. The molecule has 29 heavy (non-hydrogen) atoms. The highest BCUT2D eigenvalue weighted by atomic mass is 127. The van der Waals surface area contributed by atoms with Crippen molar-refractivity contribution in [3.05, 3.63) is 65.6 Å². The van der Waals surface area contributed by atoms with Crippen LogP contribution in [0.1, 0.15) is 23.9 Å². The van der Waals surface area contributed by atoms with Gasteiger partial charge in [0, 0.05) is 39.3 Å². The number of hydrogen-bond donors (Lipinski definition) is 1. The lowest BCUT2D eigenvalue weighted by molar-refractivity contribution is 0.421. The Morgan fingerprint density at radius 1 is 1.17 bits per heavy atom. The van der Waals surface area contributed by atoms with Crippen molar-refractivity contribution in [2.24, 2.45) is 4.99 Å². The summed E-state index contributed by atoms with van der Waals surface area (Å²) in [5.74, 6) is 1.92. The maximum absolute atomic E-state index is 5.29. The molecule has 2 aromatic heterocycles. The van der Waals surface area contributed by atoms with Gasteiger partial charge in [-0.3, -0.25) is 9.98 Å². The number of benzene rings is 1. The minimum absolute atomic E-state index is 0. The SMILES string of the molecule is CCNC(=NCCc1noc(-c2ccccn2)n1)N(C)Cc1ccc(C)cc1.I. The highest BCUT2D eigenvalue weighted by molar-refractivity contribution is 14.0. The minimum Gasteiger partial charge on any atom is -0.357 e. The fourth-order valence-corrected chi connectivity index (χ4v) is 2.72. The van der Waals surface area contributed by atoms with Crippen LogP contribution in [0.2, 0.25) is 0 Å². The van der Waals surface area contributed by atoms with Gasteiger partial charge in [-0.05, 0) is 31.5 Å². The van der Waals surface area contributed by atoms with Crippen molar-refractivity contribution in [2.75, 3.05) is 20.1 Å². The van der Waals surface area contributed by atoms with E-state index in [4.69, 9.17) is 9.52 Å². The lowest BCUT2D eigenvalue weighted by Crippen LogP contribution is -2.38. The predicted octanol–water partition coefficient (Wildman–Crippen LogP) is 3.70. The molecule has 1 N–H and O–H groups in total. The van der Waals surface area contributed by atoms with Crippen LogP contribution in [0.4, 0.5) is 0 Å². The molecule has 0 radical (unpaired) electrons. The van der Waals surface area contributed by atoms with E-state index in [0.29, 0.717) is 30.4 Å². The molecule has 0 aliphatic rings. The molecular formula is C21H27IN6O. The molecule has 0 aliphatic heterocycles. The summed E-state index contributed by atoms with van der Waals surface area (Å²) >= 11 is 0. The molecule has 7 nitrogen and oxygen atoms in total. The van der Waals surface area contributed by atoms with Gasteiger partial charge in [-0.15, -0.1) is 24.0 Å². The predicted molar refractivity (Wildman–Crippen MR) is 125 cm³/mol. The van der Waals surface area contributed by atoms with Crippen LogP contribution in [0.15, 0.2) is 58.2 Å². The molecule has 3 aromatic rings. The van der Waals surface area contributed by atoms with E-state index in [2.05, 4.69) is 63.5 Å². The molecule has 0 saturated heterocycles. The number of nitrogens with one attached hydrogen (secondary N) is 1. The Morgan fingerprint density at radius 2 is 1.97 bits per heavy atom. The molecule has 0 atom stereocenters. The standard InChI is InChI=1S/C21H26N6O.HI/c1-4-22-21(27(3)15-17-10-8-16(2)9-11-17)24-14-12-19-25-20(28-26-19)18-7-5-6-13-23-18;/h5-11,13H,4,12,14-15H2,1-3H3,(H,22,24);1H. The van der Waals surface area contributed by atoms with E-state index in [1.54, 1.807) is 6.20 Å². The molecule has 0 aliphatic carbocycles. The number of aromatic nitrogens is 3. The third kappa shape index (κ3) is 6.81. The third-order valence-electron chi connectivity index (χ3n) is 4.19. The Labute approximate surface area is 188 Å². The molecule has 0 amide bonds. The fourth-order valence-electron chi connectivity index (χ4n) is 2.72. The van der Waals surface area contributed by atoms with Crippen molar-refractivity contribution < 1.29 is 4.52 Å². The van der Waals surface area contributed by atoms with Gasteiger partial charge >= 0.3 is 0 Å². The molecule has 0 unspecified atom stereocenters. The van der Waals surface area contributed by atoms with Gasteiger partial charge in [0.2, 0.25) is 0 Å². The minimum atomic E-state index is 0. The molecule has 0 spiro atoms. The van der Waals surface area contributed by atoms with Crippen LogP contribution >= 0.6 is 24.0 Å². The van der Waals surface area contributed by atoms with E-state index in [-0.39, 0.29) is 24.0 Å². The fraction of sp³-hybridized carbons (Fsp3) is 0.333. The summed E-state index contributed by atoms with van der Waals surface area (Å²) in [7, 11) is 2.04. The Hall–Kier alpha value is -2.49. The van der Waals surface area contributed by atoms with E-state index in [0.717, 1.165) is 19.0 Å². The van der Waals surface area contributed by atoms with Crippen LogP contribution in [0.3, 0.4) is 0 Å². The van der Waals surface area contributed by atoms with Crippen molar-refractivity contribution in [2.45, 2.75) is 26.8 Å². The zero-order valence-corrected chi connectivity index (χ0v) is 19.3. The smallest absolute Gasteiger partial charge is 0.276 e. The summed E-state index contributed by atoms with van der Waals surface area (Å²) in [6.07, 6.45) is 2.31. The molecule has 0 bridgehead atoms. The topological polar surface area (TPSA) is 79.4 Å². The quantitative estimate of drug-likeness (QED) is 0.299. The molecule has 0 saturated carbocycles. The van der Waals surface area contributed by atoms with Gasteiger partial charge in [-0.2, -0.15) is 4.98 Å². The van der Waals surface area contributed by atoms with E-state index in [9.17, 15) is 0 Å². The van der Waals surface area contributed by atoms with E-state index in [1.807, 2.05) is 25.2 Å². The van der Waals surface area contributed by atoms with E-state index in [1.165, 1.54) is 11.1 Å². The van der Waals surface area contributed by atoms with E-state index >= 15 is 0 Å². The number of hydrogen-bond acceptors (Lipinski definition) is 5. The molecule has 8 heteroatoms. The van der Waals surface area contributed by atoms with Crippen LogP contribution < -0.4 is 5.32 Å². The zero-order valence-electron chi connectivity index (χ0n) is 17.0. The van der Waals surface area contributed by atoms with Crippen molar-refractivity contribution in [3.8, 4) is 11.6 Å². The van der Waals surface area contributed by atoms with Gasteiger partial charge < -0.3 is 14.7 Å². The first kappa shape index (κ1) is 22.8. The van der Waals surface area contributed by atoms with Crippen LogP contribution in [-0.2, 0) is 13.0 Å². The highest BCUT2D eigenvalue weighted by Crippen LogP contribution is 2.13. The maximum atomic E-state index is 5.29. The van der Waals surface area contributed by atoms with Crippen molar-refractivity contribution in [3.63, 3.8) is 0 Å². The number of nitrogens with zero attached hydrogens (tertiary/aromatic N) is 5. The zero-order chi connectivity index (χ0) is 19.8. The Bertz CT molecular complexity index is 895. The summed E-state index contributed by atoms with van der Waals surface area (Å²) in [4.78, 5) is 15.4. The van der Waals surface area contributed by atoms with Gasteiger partial charge in [0.25, 0.3) is 5.89 Å². The molecule has 2 heterocycles. The molecule has 154 valence electrons. The second-order valence-electron chi connectivity index (χ2n) is 6.56. The summed E-state index contributed by atoms with van der Waals surface area (Å²) in [5, 5.41) is 7.36. The Morgan fingerprint density at radius 3 is 2.66 bits per heavy atom. The Balaban J connectivity index is 0.00000300. The molecule has 3 rings (SSSR count). The lowest BCUT2D eigenvalue weighted by atomic mass is 10.1.